The van der Waals surface area contributed by atoms with Gasteiger partial charge >= 0.3 is 0 Å². The summed E-state index contributed by atoms with van der Waals surface area (Å²) in [6.45, 7) is 0. The predicted molar refractivity (Wildman–Crippen MR) is 58.9 cm³/mol. The fourth-order valence-electron chi connectivity index (χ4n) is 1.17. The highest BCUT2D eigenvalue weighted by Crippen LogP contribution is 2.25. The second kappa shape index (κ2) is 6.95. The molecule has 2 unspecified atom stereocenters. The van der Waals surface area contributed by atoms with Crippen molar-refractivity contribution >= 4 is 21.6 Å². The lowest BCUT2D eigenvalue weighted by Gasteiger charge is -2.22. The van der Waals surface area contributed by atoms with E-state index in [9.17, 15) is 0 Å². The van der Waals surface area contributed by atoms with Gasteiger partial charge in [0.1, 0.15) is 12.5 Å². The maximum atomic E-state index is 5.30. The second-order valence-corrected chi connectivity index (χ2v) is 5.54. The first-order valence-corrected chi connectivity index (χ1v) is 6.91. The number of hydrogen-bond donors (Lipinski definition) is 1. The average molecular weight is 223 g/mol. The molecular formula is C8H17NO2S2. The highest BCUT2D eigenvalue weighted by Gasteiger charge is 2.15. The van der Waals surface area contributed by atoms with Crippen molar-refractivity contribution in [1.82, 2.24) is 5.32 Å². The van der Waals surface area contributed by atoms with Gasteiger partial charge in [0.15, 0.2) is 0 Å². The lowest BCUT2D eigenvalue weighted by molar-refractivity contribution is -0.0110. The van der Waals surface area contributed by atoms with Crippen LogP contribution >= 0.6 is 21.6 Å². The number of hydrogen-bond acceptors (Lipinski definition) is 5. The van der Waals surface area contributed by atoms with Gasteiger partial charge in [-0.05, 0) is 12.8 Å². The standard InChI is InChI=1S/C8H17NO2S2/c1-10-7-3-5-12-13-6-4-8(9-7)11-2/h7-9H,3-6H2,1-2H3. The Morgan fingerprint density at radius 2 is 1.46 bits per heavy atom. The van der Waals surface area contributed by atoms with Crippen molar-refractivity contribution in [1.29, 1.82) is 0 Å². The summed E-state index contributed by atoms with van der Waals surface area (Å²) >= 11 is 0. The molecular weight excluding hydrogens is 206 g/mol. The van der Waals surface area contributed by atoms with Crippen LogP contribution in [0.1, 0.15) is 12.8 Å². The molecule has 1 heterocycles. The van der Waals surface area contributed by atoms with Crippen molar-refractivity contribution in [2.75, 3.05) is 25.7 Å². The Morgan fingerprint density at radius 3 is 1.85 bits per heavy atom. The quantitative estimate of drug-likeness (QED) is 0.720. The summed E-state index contributed by atoms with van der Waals surface area (Å²) in [6, 6.07) is 0. The summed E-state index contributed by atoms with van der Waals surface area (Å²) in [7, 11) is 7.30. The molecule has 0 spiro atoms. The Morgan fingerprint density at radius 1 is 1.00 bits per heavy atom. The third-order valence-electron chi connectivity index (χ3n) is 1.95. The van der Waals surface area contributed by atoms with Crippen molar-refractivity contribution in [3.63, 3.8) is 0 Å². The van der Waals surface area contributed by atoms with Crippen LogP contribution in [0.25, 0.3) is 0 Å². The van der Waals surface area contributed by atoms with Gasteiger partial charge in [-0.2, -0.15) is 0 Å². The number of rotatable bonds is 2. The maximum absolute atomic E-state index is 5.30. The van der Waals surface area contributed by atoms with Crippen LogP contribution in [0.2, 0.25) is 0 Å². The molecule has 0 amide bonds. The Labute approximate surface area is 87.7 Å². The third kappa shape index (κ3) is 4.56. The lowest BCUT2D eigenvalue weighted by atomic mass is 10.3. The monoisotopic (exact) mass is 223 g/mol. The Kier molecular flexibility index (Phi) is 6.23. The highest BCUT2D eigenvalue weighted by molar-refractivity contribution is 8.76. The van der Waals surface area contributed by atoms with E-state index in [4.69, 9.17) is 9.47 Å². The van der Waals surface area contributed by atoms with E-state index in [0.717, 1.165) is 24.3 Å². The molecule has 5 heteroatoms. The normalized spacial score (nSPS) is 31.8. The van der Waals surface area contributed by atoms with Gasteiger partial charge in [-0.1, -0.05) is 21.6 Å². The molecule has 0 aromatic rings. The zero-order valence-corrected chi connectivity index (χ0v) is 9.75. The smallest absolute Gasteiger partial charge is 0.110 e. The topological polar surface area (TPSA) is 30.5 Å². The minimum absolute atomic E-state index is 0.135. The van der Waals surface area contributed by atoms with Crippen LogP contribution in [0.4, 0.5) is 0 Å². The number of ether oxygens (including phenoxy) is 2. The van der Waals surface area contributed by atoms with E-state index < -0.39 is 0 Å². The van der Waals surface area contributed by atoms with Crippen LogP contribution in [0.3, 0.4) is 0 Å². The van der Waals surface area contributed by atoms with E-state index >= 15 is 0 Å². The SMILES string of the molecule is COC1CCSSCCC(OC)N1. The van der Waals surface area contributed by atoms with E-state index in [0.29, 0.717) is 0 Å². The fraction of sp³-hybridized carbons (Fsp3) is 1.00. The van der Waals surface area contributed by atoms with Crippen molar-refractivity contribution in [3.8, 4) is 0 Å². The van der Waals surface area contributed by atoms with E-state index in [2.05, 4.69) is 5.32 Å². The van der Waals surface area contributed by atoms with Crippen molar-refractivity contribution in [2.45, 2.75) is 25.3 Å². The van der Waals surface area contributed by atoms with E-state index in [-0.39, 0.29) is 12.5 Å². The first-order chi connectivity index (χ1) is 6.36. The van der Waals surface area contributed by atoms with Gasteiger partial charge in [-0.25, -0.2) is 0 Å². The molecule has 0 radical (unpaired) electrons. The van der Waals surface area contributed by atoms with Crippen molar-refractivity contribution < 1.29 is 9.47 Å². The number of nitrogens with one attached hydrogen (secondary N) is 1. The second-order valence-electron chi connectivity index (χ2n) is 2.84. The van der Waals surface area contributed by atoms with Gasteiger partial charge in [0.25, 0.3) is 0 Å². The first kappa shape index (κ1) is 11.7. The van der Waals surface area contributed by atoms with Crippen molar-refractivity contribution in [3.05, 3.63) is 0 Å². The Balaban J connectivity index is 2.37. The van der Waals surface area contributed by atoms with Gasteiger partial charge in [0.05, 0.1) is 0 Å². The summed E-state index contributed by atoms with van der Waals surface area (Å²) in [5.74, 6) is 2.26. The molecule has 0 aromatic carbocycles. The molecule has 0 aromatic heterocycles. The molecule has 1 fully saturated rings. The Bertz CT molecular complexity index is 123. The molecule has 1 aliphatic rings. The summed E-state index contributed by atoms with van der Waals surface area (Å²) in [6.07, 6.45) is 2.34. The summed E-state index contributed by atoms with van der Waals surface area (Å²) in [5, 5.41) is 3.32. The van der Waals surface area contributed by atoms with Crippen LogP contribution < -0.4 is 5.32 Å². The van der Waals surface area contributed by atoms with Crippen LogP contribution in [-0.4, -0.2) is 38.2 Å². The van der Waals surface area contributed by atoms with Gasteiger partial charge in [0, 0.05) is 25.7 Å². The molecule has 1 rings (SSSR count). The van der Waals surface area contributed by atoms with Gasteiger partial charge < -0.3 is 9.47 Å². The zero-order valence-electron chi connectivity index (χ0n) is 8.12. The minimum atomic E-state index is 0.135. The van der Waals surface area contributed by atoms with Crippen LogP contribution in [0.5, 0.6) is 0 Å². The molecule has 78 valence electrons. The van der Waals surface area contributed by atoms with Gasteiger partial charge in [-0.3, -0.25) is 5.32 Å². The van der Waals surface area contributed by atoms with Crippen LogP contribution in [0, 0.1) is 0 Å². The summed E-state index contributed by atoms with van der Waals surface area (Å²) in [5.41, 5.74) is 0. The number of methoxy groups -OCH3 is 2. The molecule has 3 nitrogen and oxygen atoms in total. The molecule has 1 aliphatic heterocycles. The largest absolute Gasteiger partial charge is 0.366 e. The molecule has 1 saturated heterocycles. The van der Waals surface area contributed by atoms with Gasteiger partial charge in [0.2, 0.25) is 0 Å². The molecule has 2 atom stereocenters. The molecule has 0 saturated carbocycles. The fourth-order valence-corrected chi connectivity index (χ4v) is 3.31. The molecule has 0 aliphatic carbocycles. The zero-order chi connectivity index (χ0) is 9.52. The predicted octanol–water partition coefficient (Wildman–Crippen LogP) is 1.70. The van der Waals surface area contributed by atoms with Crippen LogP contribution in [-0.2, 0) is 9.47 Å². The maximum Gasteiger partial charge on any atom is 0.110 e. The summed E-state index contributed by atoms with van der Waals surface area (Å²) < 4.78 is 10.6. The van der Waals surface area contributed by atoms with E-state index in [1.807, 2.05) is 21.6 Å². The third-order valence-corrected chi connectivity index (χ3v) is 4.42. The molecule has 1 N–H and O–H groups in total. The first-order valence-electron chi connectivity index (χ1n) is 4.43. The van der Waals surface area contributed by atoms with Crippen molar-refractivity contribution in [2.24, 2.45) is 0 Å². The average Bonchev–Trinajstić information content (AvgIpc) is 2.28. The molecule has 0 bridgehead atoms. The van der Waals surface area contributed by atoms with Crippen LogP contribution in [0.15, 0.2) is 0 Å². The minimum Gasteiger partial charge on any atom is -0.366 e. The Hall–Kier alpha value is 0.580. The lowest BCUT2D eigenvalue weighted by Crippen LogP contribution is -2.40. The summed E-state index contributed by atoms with van der Waals surface area (Å²) in [4.78, 5) is 0. The molecule has 13 heavy (non-hydrogen) atoms. The highest BCUT2D eigenvalue weighted by atomic mass is 33.1. The van der Waals surface area contributed by atoms with E-state index in [1.54, 1.807) is 14.2 Å². The van der Waals surface area contributed by atoms with E-state index in [1.165, 1.54) is 0 Å². The van der Waals surface area contributed by atoms with Gasteiger partial charge in [-0.15, -0.1) is 0 Å².